The third-order valence-corrected chi connectivity index (χ3v) is 4.71. The second kappa shape index (κ2) is 7.02. The minimum atomic E-state index is 0.0918. The number of carbonyl (C=O) groups excluding carboxylic acids is 2. The normalized spacial score (nSPS) is 18.0. The lowest BCUT2D eigenvalue weighted by atomic mass is 10.2. The van der Waals surface area contributed by atoms with E-state index in [1.165, 1.54) is 5.69 Å². The highest BCUT2D eigenvalue weighted by molar-refractivity contribution is 5.78. The van der Waals surface area contributed by atoms with Crippen LogP contribution in [-0.4, -0.2) is 60.4 Å². The van der Waals surface area contributed by atoms with Crippen molar-refractivity contribution in [3.05, 3.63) is 30.3 Å². The minimum absolute atomic E-state index is 0.0918. The van der Waals surface area contributed by atoms with Gasteiger partial charge >= 0.3 is 0 Å². The van der Waals surface area contributed by atoms with E-state index in [2.05, 4.69) is 17.0 Å². The summed E-state index contributed by atoms with van der Waals surface area (Å²) in [5.41, 5.74) is 1.22. The minimum Gasteiger partial charge on any atom is -0.368 e. The molecule has 1 heterocycles. The maximum Gasteiger partial charge on any atom is 0.224 e. The number of carbonyl (C=O) groups is 2. The summed E-state index contributed by atoms with van der Waals surface area (Å²) in [6.07, 6.45) is 2.62. The third kappa shape index (κ3) is 4.03. The molecule has 1 aromatic rings. The number of hydrogen-bond acceptors (Lipinski definition) is 3. The summed E-state index contributed by atoms with van der Waals surface area (Å²) in [5.74, 6) is 0.263. The van der Waals surface area contributed by atoms with Crippen molar-refractivity contribution in [1.29, 1.82) is 0 Å². The molecule has 5 nitrogen and oxygen atoms in total. The Morgan fingerprint density at radius 3 is 2.30 bits per heavy atom. The second-order valence-corrected chi connectivity index (χ2v) is 6.40. The van der Waals surface area contributed by atoms with Crippen LogP contribution in [0.3, 0.4) is 0 Å². The molecule has 1 aromatic carbocycles. The first-order valence-corrected chi connectivity index (χ1v) is 8.50. The van der Waals surface area contributed by atoms with Crippen LogP contribution in [0.1, 0.15) is 26.2 Å². The number of para-hydroxylation sites is 1. The van der Waals surface area contributed by atoms with E-state index in [-0.39, 0.29) is 11.8 Å². The predicted octanol–water partition coefficient (Wildman–Crippen LogP) is 1.74. The fourth-order valence-corrected chi connectivity index (χ4v) is 3.21. The van der Waals surface area contributed by atoms with Crippen LogP contribution in [0, 0.1) is 0 Å². The maximum absolute atomic E-state index is 12.4. The molecule has 23 heavy (non-hydrogen) atoms. The van der Waals surface area contributed by atoms with Crippen molar-refractivity contribution in [3.8, 4) is 0 Å². The van der Waals surface area contributed by atoms with Gasteiger partial charge in [0.2, 0.25) is 11.8 Å². The lowest BCUT2D eigenvalue weighted by Gasteiger charge is -2.36. The van der Waals surface area contributed by atoms with Crippen LogP contribution < -0.4 is 4.90 Å². The molecule has 0 aromatic heterocycles. The first kappa shape index (κ1) is 15.8. The van der Waals surface area contributed by atoms with Crippen molar-refractivity contribution in [2.75, 3.05) is 37.6 Å². The van der Waals surface area contributed by atoms with Gasteiger partial charge in [-0.25, -0.2) is 0 Å². The van der Waals surface area contributed by atoms with Gasteiger partial charge in [-0.05, 0) is 25.0 Å². The molecule has 0 N–H and O–H groups in total. The van der Waals surface area contributed by atoms with Gasteiger partial charge in [-0.15, -0.1) is 0 Å². The summed E-state index contributed by atoms with van der Waals surface area (Å²) in [4.78, 5) is 30.1. The van der Waals surface area contributed by atoms with Crippen LogP contribution in [0.4, 0.5) is 5.69 Å². The van der Waals surface area contributed by atoms with Gasteiger partial charge in [-0.2, -0.15) is 0 Å². The zero-order valence-electron chi connectivity index (χ0n) is 13.8. The number of rotatable bonds is 5. The molecule has 5 heteroatoms. The van der Waals surface area contributed by atoms with E-state index < -0.39 is 0 Å². The number of nitrogens with zero attached hydrogens (tertiary/aromatic N) is 3. The van der Waals surface area contributed by atoms with Crippen LogP contribution in [0.5, 0.6) is 0 Å². The van der Waals surface area contributed by atoms with E-state index in [0.29, 0.717) is 19.0 Å². The van der Waals surface area contributed by atoms with E-state index in [1.54, 1.807) is 6.92 Å². The van der Waals surface area contributed by atoms with Crippen LogP contribution in [0.2, 0.25) is 0 Å². The molecule has 0 bridgehead atoms. The van der Waals surface area contributed by atoms with Crippen LogP contribution in [-0.2, 0) is 9.59 Å². The standard InChI is InChI=1S/C18H25N3O2/c1-15(22)21(17-7-8-17)10-9-18(23)20-13-11-19(12-14-20)16-5-3-2-4-6-16/h2-6,17H,7-14H2,1H3. The van der Waals surface area contributed by atoms with Crippen molar-refractivity contribution in [2.45, 2.75) is 32.2 Å². The second-order valence-electron chi connectivity index (χ2n) is 6.40. The largest absolute Gasteiger partial charge is 0.368 e. The quantitative estimate of drug-likeness (QED) is 0.831. The lowest BCUT2D eigenvalue weighted by molar-refractivity contribution is -0.133. The highest BCUT2D eigenvalue weighted by Crippen LogP contribution is 2.27. The van der Waals surface area contributed by atoms with Gasteiger partial charge in [0.25, 0.3) is 0 Å². The predicted molar refractivity (Wildman–Crippen MR) is 90.3 cm³/mol. The van der Waals surface area contributed by atoms with Crippen molar-refractivity contribution < 1.29 is 9.59 Å². The van der Waals surface area contributed by atoms with Gasteiger partial charge in [0.1, 0.15) is 0 Å². The topological polar surface area (TPSA) is 43.9 Å². The molecule has 2 aliphatic rings. The van der Waals surface area contributed by atoms with Gasteiger partial charge in [-0.3, -0.25) is 9.59 Å². The summed E-state index contributed by atoms with van der Waals surface area (Å²) < 4.78 is 0. The van der Waals surface area contributed by atoms with E-state index in [1.807, 2.05) is 28.0 Å². The summed E-state index contributed by atoms with van der Waals surface area (Å²) >= 11 is 0. The van der Waals surface area contributed by atoms with Gasteiger partial charge in [-0.1, -0.05) is 18.2 Å². The molecule has 0 radical (unpaired) electrons. The Bertz CT molecular complexity index is 549. The molecule has 1 aliphatic heterocycles. The van der Waals surface area contributed by atoms with Crippen LogP contribution in [0.25, 0.3) is 0 Å². The smallest absolute Gasteiger partial charge is 0.224 e. The first-order valence-electron chi connectivity index (χ1n) is 8.50. The average Bonchev–Trinajstić information content (AvgIpc) is 3.40. The Hall–Kier alpha value is -2.04. The fraction of sp³-hybridized carbons (Fsp3) is 0.556. The molecule has 0 spiro atoms. The van der Waals surface area contributed by atoms with Crippen molar-refractivity contribution in [3.63, 3.8) is 0 Å². The number of piperazine rings is 1. The maximum atomic E-state index is 12.4. The molecule has 0 unspecified atom stereocenters. The van der Waals surface area contributed by atoms with E-state index in [0.717, 1.165) is 39.0 Å². The number of benzene rings is 1. The number of hydrogen-bond donors (Lipinski definition) is 0. The van der Waals surface area contributed by atoms with Crippen LogP contribution >= 0.6 is 0 Å². The molecular weight excluding hydrogens is 290 g/mol. The molecule has 2 amide bonds. The Kier molecular flexibility index (Phi) is 4.84. The number of amides is 2. The Morgan fingerprint density at radius 1 is 1.09 bits per heavy atom. The van der Waals surface area contributed by atoms with Crippen molar-refractivity contribution >= 4 is 17.5 Å². The van der Waals surface area contributed by atoms with Gasteiger partial charge < -0.3 is 14.7 Å². The van der Waals surface area contributed by atoms with E-state index in [4.69, 9.17) is 0 Å². The molecule has 3 rings (SSSR count). The Morgan fingerprint density at radius 2 is 1.74 bits per heavy atom. The van der Waals surface area contributed by atoms with E-state index in [9.17, 15) is 9.59 Å². The highest BCUT2D eigenvalue weighted by atomic mass is 16.2. The zero-order valence-corrected chi connectivity index (χ0v) is 13.8. The molecule has 2 fully saturated rings. The first-order chi connectivity index (χ1) is 11.1. The monoisotopic (exact) mass is 315 g/mol. The molecule has 1 aliphatic carbocycles. The summed E-state index contributed by atoms with van der Waals surface area (Å²) in [6.45, 7) is 5.43. The molecule has 1 saturated carbocycles. The Labute approximate surface area is 137 Å². The van der Waals surface area contributed by atoms with Gasteiger partial charge in [0, 0.05) is 57.8 Å². The van der Waals surface area contributed by atoms with Crippen LogP contribution in [0.15, 0.2) is 30.3 Å². The average molecular weight is 315 g/mol. The van der Waals surface area contributed by atoms with Crippen molar-refractivity contribution in [2.24, 2.45) is 0 Å². The number of anilines is 1. The molecule has 124 valence electrons. The van der Waals surface area contributed by atoms with Crippen molar-refractivity contribution in [1.82, 2.24) is 9.80 Å². The SMILES string of the molecule is CC(=O)N(CCC(=O)N1CCN(c2ccccc2)CC1)C1CC1. The zero-order chi connectivity index (χ0) is 16.2. The Balaban J connectivity index is 1.45. The lowest BCUT2D eigenvalue weighted by Crippen LogP contribution is -2.49. The summed E-state index contributed by atoms with van der Waals surface area (Å²) in [5, 5.41) is 0. The highest BCUT2D eigenvalue weighted by Gasteiger charge is 2.31. The molecule has 0 atom stereocenters. The van der Waals surface area contributed by atoms with Gasteiger partial charge in [0.15, 0.2) is 0 Å². The van der Waals surface area contributed by atoms with E-state index >= 15 is 0 Å². The molecular formula is C18H25N3O2. The van der Waals surface area contributed by atoms with Gasteiger partial charge in [0.05, 0.1) is 0 Å². The molecule has 1 saturated heterocycles. The fourth-order valence-electron chi connectivity index (χ4n) is 3.21. The third-order valence-electron chi connectivity index (χ3n) is 4.71. The summed E-state index contributed by atoms with van der Waals surface area (Å²) in [7, 11) is 0. The summed E-state index contributed by atoms with van der Waals surface area (Å²) in [6, 6.07) is 10.7.